The summed E-state index contributed by atoms with van der Waals surface area (Å²) >= 11 is 0. The van der Waals surface area contributed by atoms with Crippen molar-refractivity contribution in [1.82, 2.24) is 9.91 Å². The van der Waals surface area contributed by atoms with Crippen LogP contribution >= 0.6 is 0 Å². The molecular formula is C8H17N3O. The highest BCUT2D eigenvalue weighted by molar-refractivity contribution is 4.98. The van der Waals surface area contributed by atoms with Gasteiger partial charge in [-0.3, -0.25) is 4.90 Å². The maximum atomic E-state index is 5.65. The number of hydrogen-bond donors (Lipinski definition) is 1. The Labute approximate surface area is 73.5 Å². The lowest BCUT2D eigenvalue weighted by Gasteiger charge is -2.34. The molecule has 70 valence electrons. The number of nitrogens with two attached hydrogens (primary N) is 1. The predicted molar refractivity (Wildman–Crippen MR) is 48.3 cm³/mol. The lowest BCUT2D eigenvalue weighted by atomic mass is 10.3. The number of piperazine rings is 1. The summed E-state index contributed by atoms with van der Waals surface area (Å²) in [5, 5.41) is 1.71. The smallest absolute Gasteiger partial charge is 0.0589 e. The molecule has 1 aliphatic heterocycles. The molecule has 0 bridgehead atoms. The Balaban J connectivity index is 2.25. The second kappa shape index (κ2) is 4.45. The number of ether oxygens (including phenoxy) is 1. The van der Waals surface area contributed by atoms with Crippen LogP contribution in [0, 0.1) is 0 Å². The van der Waals surface area contributed by atoms with E-state index in [2.05, 4.69) is 11.5 Å². The number of hydrazine groups is 1. The summed E-state index contributed by atoms with van der Waals surface area (Å²) < 4.78 is 4.99. The van der Waals surface area contributed by atoms with Crippen LogP contribution in [0.4, 0.5) is 0 Å². The van der Waals surface area contributed by atoms with E-state index in [-0.39, 0.29) is 0 Å². The second-order valence-corrected chi connectivity index (χ2v) is 3.03. The van der Waals surface area contributed by atoms with Gasteiger partial charge in [-0.2, -0.15) is 0 Å². The first-order valence-corrected chi connectivity index (χ1v) is 4.15. The van der Waals surface area contributed by atoms with E-state index >= 15 is 0 Å². The molecule has 12 heavy (non-hydrogen) atoms. The van der Waals surface area contributed by atoms with E-state index in [0.29, 0.717) is 0 Å². The van der Waals surface area contributed by atoms with Gasteiger partial charge in [0.1, 0.15) is 0 Å². The third-order valence-corrected chi connectivity index (χ3v) is 2.08. The van der Waals surface area contributed by atoms with Gasteiger partial charge >= 0.3 is 0 Å². The Hall–Kier alpha value is -0.580. The van der Waals surface area contributed by atoms with E-state index in [9.17, 15) is 0 Å². The van der Waals surface area contributed by atoms with Crippen LogP contribution < -0.4 is 5.84 Å². The van der Waals surface area contributed by atoms with Crippen LogP contribution in [0.15, 0.2) is 12.3 Å². The molecule has 1 rings (SSSR count). The predicted octanol–water partition coefficient (Wildman–Crippen LogP) is -0.362. The van der Waals surface area contributed by atoms with Crippen LogP contribution in [0.1, 0.15) is 0 Å². The molecular weight excluding hydrogens is 154 g/mol. The lowest BCUT2D eigenvalue weighted by molar-refractivity contribution is 0.122. The Morgan fingerprint density at radius 1 is 1.58 bits per heavy atom. The highest BCUT2D eigenvalue weighted by Gasteiger charge is 2.15. The van der Waals surface area contributed by atoms with Gasteiger partial charge in [0.2, 0.25) is 0 Å². The lowest BCUT2D eigenvalue weighted by Crippen LogP contribution is -2.48. The molecule has 1 heterocycles. The molecule has 0 aliphatic carbocycles. The summed E-state index contributed by atoms with van der Waals surface area (Å²) in [4.78, 5) is 2.29. The van der Waals surface area contributed by atoms with Crippen LogP contribution in [-0.2, 0) is 4.74 Å². The fourth-order valence-electron chi connectivity index (χ4n) is 1.25. The molecule has 0 radical (unpaired) electrons. The summed E-state index contributed by atoms with van der Waals surface area (Å²) in [5.74, 6) is 5.65. The zero-order chi connectivity index (χ0) is 8.97. The molecule has 1 aliphatic rings. The van der Waals surface area contributed by atoms with Crippen molar-refractivity contribution in [2.24, 2.45) is 5.84 Å². The minimum atomic E-state index is 0.776. The van der Waals surface area contributed by atoms with Crippen LogP contribution in [0.2, 0.25) is 0 Å². The summed E-state index contributed by atoms with van der Waals surface area (Å²) in [7, 11) is 1.72. The maximum Gasteiger partial charge on any atom is 0.0589 e. The Morgan fingerprint density at radius 3 is 2.92 bits per heavy atom. The molecule has 0 atom stereocenters. The van der Waals surface area contributed by atoms with Crippen LogP contribution in [0.5, 0.6) is 0 Å². The van der Waals surface area contributed by atoms with Gasteiger partial charge in [-0.15, -0.1) is 0 Å². The molecule has 0 unspecified atom stereocenters. The minimum Gasteiger partial charge on any atom is -0.383 e. The van der Waals surface area contributed by atoms with Crippen molar-refractivity contribution >= 4 is 0 Å². The number of rotatable bonds is 3. The highest BCUT2D eigenvalue weighted by Crippen LogP contribution is 2.05. The molecule has 0 aromatic carbocycles. The maximum absolute atomic E-state index is 5.65. The molecule has 0 spiro atoms. The topological polar surface area (TPSA) is 41.7 Å². The first-order chi connectivity index (χ1) is 5.74. The molecule has 0 saturated carbocycles. The molecule has 0 amide bonds. The number of methoxy groups -OCH3 is 1. The summed E-state index contributed by atoms with van der Waals surface area (Å²) in [6.07, 6.45) is 0. The number of hydrogen-bond acceptors (Lipinski definition) is 4. The van der Waals surface area contributed by atoms with Crippen molar-refractivity contribution in [1.29, 1.82) is 0 Å². The van der Waals surface area contributed by atoms with E-state index in [1.807, 2.05) is 0 Å². The molecule has 0 aromatic heterocycles. The monoisotopic (exact) mass is 171 g/mol. The van der Waals surface area contributed by atoms with Gasteiger partial charge in [-0.1, -0.05) is 6.58 Å². The minimum absolute atomic E-state index is 0.776. The third-order valence-electron chi connectivity index (χ3n) is 2.08. The largest absolute Gasteiger partial charge is 0.383 e. The van der Waals surface area contributed by atoms with Gasteiger partial charge in [0.15, 0.2) is 0 Å². The zero-order valence-corrected chi connectivity index (χ0v) is 7.62. The normalized spacial score (nSPS) is 20.2. The molecule has 1 saturated heterocycles. The highest BCUT2D eigenvalue weighted by atomic mass is 16.5. The number of nitrogens with zero attached hydrogens (tertiary/aromatic N) is 2. The van der Waals surface area contributed by atoms with Crippen molar-refractivity contribution < 1.29 is 4.74 Å². The zero-order valence-electron chi connectivity index (χ0n) is 7.62. The Morgan fingerprint density at radius 2 is 2.33 bits per heavy atom. The first-order valence-electron chi connectivity index (χ1n) is 4.15. The molecule has 0 aromatic rings. The van der Waals surface area contributed by atoms with Gasteiger partial charge in [0, 0.05) is 39.0 Å². The third kappa shape index (κ3) is 2.48. The summed E-state index contributed by atoms with van der Waals surface area (Å²) in [6, 6.07) is 0. The van der Waals surface area contributed by atoms with Crippen molar-refractivity contribution in [3.63, 3.8) is 0 Å². The van der Waals surface area contributed by atoms with Crippen LogP contribution in [0.3, 0.4) is 0 Å². The van der Waals surface area contributed by atoms with Crippen molar-refractivity contribution in [2.45, 2.75) is 0 Å². The average molecular weight is 171 g/mol. The van der Waals surface area contributed by atoms with Gasteiger partial charge in [0.05, 0.1) is 6.61 Å². The second-order valence-electron chi connectivity index (χ2n) is 3.03. The summed E-state index contributed by atoms with van der Waals surface area (Å²) in [6.45, 7) is 8.33. The van der Waals surface area contributed by atoms with Crippen LogP contribution in [0.25, 0.3) is 0 Å². The van der Waals surface area contributed by atoms with E-state index < -0.39 is 0 Å². The van der Waals surface area contributed by atoms with Gasteiger partial charge < -0.3 is 9.75 Å². The molecule has 4 heteroatoms. The SMILES string of the molecule is C=C1CN(CCOC)CCN1N. The van der Waals surface area contributed by atoms with Crippen molar-refractivity contribution in [3.8, 4) is 0 Å². The molecule has 1 fully saturated rings. The van der Waals surface area contributed by atoms with Gasteiger partial charge in [0.25, 0.3) is 0 Å². The fourth-order valence-corrected chi connectivity index (χ4v) is 1.25. The Bertz CT molecular complexity index is 158. The van der Waals surface area contributed by atoms with Crippen molar-refractivity contribution in [3.05, 3.63) is 12.3 Å². The fraction of sp³-hybridized carbons (Fsp3) is 0.750. The van der Waals surface area contributed by atoms with E-state index in [1.165, 1.54) is 0 Å². The van der Waals surface area contributed by atoms with E-state index in [1.54, 1.807) is 12.1 Å². The van der Waals surface area contributed by atoms with E-state index in [0.717, 1.165) is 38.5 Å². The standard InChI is InChI=1S/C8H17N3O/c1-8-7-10(5-6-12-2)3-4-11(8)9/h1,3-7,9H2,2H3. The first kappa shape index (κ1) is 9.51. The average Bonchev–Trinajstić information content (AvgIpc) is 2.07. The van der Waals surface area contributed by atoms with Crippen LogP contribution in [-0.4, -0.2) is 49.8 Å². The summed E-state index contributed by atoms with van der Waals surface area (Å²) in [5.41, 5.74) is 0.984. The quantitative estimate of drug-likeness (QED) is 0.589. The Kier molecular flexibility index (Phi) is 3.52. The van der Waals surface area contributed by atoms with Gasteiger partial charge in [-0.25, -0.2) is 5.84 Å². The van der Waals surface area contributed by atoms with Crippen molar-refractivity contribution in [2.75, 3.05) is 39.9 Å². The molecule has 2 N–H and O–H groups in total. The van der Waals surface area contributed by atoms with Gasteiger partial charge in [-0.05, 0) is 0 Å². The van der Waals surface area contributed by atoms with E-state index in [4.69, 9.17) is 10.6 Å². The molecule has 4 nitrogen and oxygen atoms in total.